The molecule has 0 bridgehead atoms. The van der Waals surface area contributed by atoms with Gasteiger partial charge in [0.25, 0.3) is 0 Å². The third-order valence-electron chi connectivity index (χ3n) is 10.1. The van der Waals surface area contributed by atoms with Crippen LogP contribution in [-0.2, 0) is 0 Å². The van der Waals surface area contributed by atoms with Crippen molar-refractivity contribution in [2.24, 2.45) is 0 Å². The maximum atomic E-state index is 13.6. The van der Waals surface area contributed by atoms with E-state index >= 15 is 0 Å². The van der Waals surface area contributed by atoms with E-state index in [4.69, 9.17) is 6.57 Å². The molecule has 6 aromatic heterocycles. The molecular formula is C55H36Be5F8N8O5+10. The molecule has 0 atom stereocenters. The number of benzene rings is 4. The van der Waals surface area contributed by atoms with Crippen molar-refractivity contribution in [1.29, 1.82) is 0 Å². The minimum atomic E-state index is -1.11. The van der Waals surface area contributed by atoms with Crippen LogP contribution in [0.25, 0.3) is 61.3 Å². The molecule has 10 rings (SSSR count). The summed E-state index contributed by atoms with van der Waals surface area (Å²) >= 11 is 0. The van der Waals surface area contributed by atoms with Crippen molar-refractivity contribution in [2.45, 2.75) is 6.92 Å². The number of halogens is 8. The Labute approximate surface area is 476 Å². The van der Waals surface area contributed by atoms with Gasteiger partial charge in [-0.25, -0.2) is 56.1 Å². The summed E-state index contributed by atoms with van der Waals surface area (Å²) in [5.41, 5.74) is 1.93. The number of nitrogens with one attached hydrogen (secondary N) is 5. The quantitative estimate of drug-likeness (QED) is 0.0987. The molecule has 0 aliphatic rings. The zero-order valence-electron chi connectivity index (χ0n) is 42.6. The minimum Gasteiger partial charge on any atom is -0.873 e. The maximum Gasteiger partial charge on any atom is 2.00 e. The van der Waals surface area contributed by atoms with Crippen molar-refractivity contribution < 1.29 is 85.6 Å². The van der Waals surface area contributed by atoms with Gasteiger partial charge in [-0.3, -0.25) is 0 Å². The molecular weight excluding hydrogens is 1050 g/mol. The number of hydrogen-bond acceptors (Lipinski definition) is 7. The summed E-state index contributed by atoms with van der Waals surface area (Å²) in [5, 5.41) is 57.2. The van der Waals surface area contributed by atoms with Crippen molar-refractivity contribution in [2.75, 3.05) is 0 Å². The maximum absolute atomic E-state index is 13.6. The molecule has 0 radical (unpaired) electrons. The van der Waals surface area contributed by atoms with E-state index in [9.17, 15) is 60.7 Å². The standard InChI is InChI=1S/C12H7FN2O.C12H10FNO.C11H7F2NO.2C10H6F2N2O.5Be/c1-14-10-6-8(13)7-11(16)12(10)9-4-2-3-5-15-9;1-8-6-9(13)12(11(15)7-8)10-4-2-3-5-14-10;12-7-5-8(13)11(10(15)6-7)9-3-1-2-4-14-9;11-6-4-7(12)9(8(15)5-6)10-13-2-1-3-14-10;11-8-5-7(15)9(10(12)14-8)6-3-1-2-4-13-6;;;;;/h2-7,16H;2-7,15H,1H3;1-6,15H;1-5,15H;1-5H,(H,14,15);;;;;/q;;;;;5*+2. The molecule has 0 saturated heterocycles. The van der Waals surface area contributed by atoms with Crippen LogP contribution < -0.4 is 50.5 Å². The number of hydrogen-bond donors (Lipinski definition) is 0. The number of aryl methyl sites for hydroxylation is 1. The van der Waals surface area contributed by atoms with E-state index in [1.807, 2.05) is 0 Å². The van der Waals surface area contributed by atoms with Gasteiger partial charge < -0.3 is 25.5 Å². The van der Waals surface area contributed by atoms with Gasteiger partial charge >= 0.3 is 56.4 Å². The first-order chi connectivity index (χ1) is 36.4. The first-order valence-electron chi connectivity index (χ1n) is 21.9. The van der Waals surface area contributed by atoms with Gasteiger partial charge in [-0.15, -0.1) is 5.75 Å². The molecule has 382 valence electrons. The predicted molar refractivity (Wildman–Crippen MR) is 274 cm³/mol. The Bertz CT molecular complexity index is 3180. The Morgan fingerprint density at radius 2 is 0.778 bits per heavy atom. The molecule has 0 saturated carbocycles. The van der Waals surface area contributed by atoms with E-state index in [2.05, 4.69) is 39.7 Å². The van der Waals surface area contributed by atoms with Crippen LogP contribution in [0.15, 0.2) is 171 Å². The number of nitrogens with zero attached hydrogens (tertiary/aromatic N) is 3. The summed E-state index contributed by atoms with van der Waals surface area (Å²) in [5.74, 6) is -9.77. The first-order valence-corrected chi connectivity index (χ1v) is 21.9. The second-order valence-corrected chi connectivity index (χ2v) is 15.4. The second kappa shape index (κ2) is 33.0. The molecule has 0 fully saturated rings. The van der Waals surface area contributed by atoms with Crippen LogP contribution in [0.4, 0.5) is 40.8 Å². The van der Waals surface area contributed by atoms with Crippen molar-refractivity contribution >= 4 is 56.3 Å². The van der Waals surface area contributed by atoms with Crippen LogP contribution in [0, 0.1) is 60.3 Å². The Morgan fingerprint density at radius 3 is 1.16 bits per heavy atom. The Morgan fingerprint density at radius 1 is 0.407 bits per heavy atom. The molecule has 26 heteroatoms. The molecule has 0 amide bonds. The van der Waals surface area contributed by atoms with E-state index in [0.29, 0.717) is 40.8 Å². The van der Waals surface area contributed by atoms with E-state index < -0.39 is 69.8 Å². The molecule has 4 aromatic carbocycles. The molecule has 5 N–H and O–H groups in total. The first kappa shape index (κ1) is 69.5. The molecule has 0 aliphatic heterocycles. The van der Waals surface area contributed by atoms with Gasteiger partial charge in [0.2, 0.25) is 34.7 Å². The molecule has 13 nitrogen and oxygen atoms in total. The van der Waals surface area contributed by atoms with Gasteiger partial charge in [-0.2, -0.15) is 13.8 Å². The van der Waals surface area contributed by atoms with E-state index in [-0.39, 0.29) is 101 Å². The van der Waals surface area contributed by atoms with Crippen LogP contribution in [-0.4, -0.2) is 60.6 Å². The Hall–Kier alpha value is -9.52. The Balaban J connectivity index is 0.000000499. The van der Waals surface area contributed by atoms with Crippen molar-refractivity contribution in [3.05, 3.63) is 234 Å². The number of rotatable bonds is 5. The average Bonchev–Trinajstić information content (AvgIpc) is 3.38. The van der Waals surface area contributed by atoms with Crippen molar-refractivity contribution in [1.82, 2.24) is 9.97 Å². The molecule has 0 unspecified atom stereocenters. The van der Waals surface area contributed by atoms with Gasteiger partial charge in [0.05, 0.1) is 35.0 Å². The molecule has 0 spiro atoms. The monoisotopic (exact) mass is 1090 g/mol. The van der Waals surface area contributed by atoms with Gasteiger partial charge in [0, 0.05) is 72.3 Å². The van der Waals surface area contributed by atoms with Crippen LogP contribution in [0.5, 0.6) is 28.7 Å². The molecule has 6 heterocycles. The van der Waals surface area contributed by atoms with E-state index in [0.717, 1.165) is 24.3 Å². The van der Waals surface area contributed by atoms with E-state index in [1.54, 1.807) is 98.3 Å². The number of pyridine rings is 5. The van der Waals surface area contributed by atoms with Crippen LogP contribution in [0.3, 0.4) is 0 Å². The van der Waals surface area contributed by atoms with Crippen LogP contribution in [0.1, 0.15) is 5.56 Å². The summed E-state index contributed by atoms with van der Waals surface area (Å²) in [6, 6.07) is 29.9. The van der Waals surface area contributed by atoms with Crippen LogP contribution in [0.2, 0.25) is 0 Å². The number of H-pyrrole nitrogens is 5. The van der Waals surface area contributed by atoms with Crippen LogP contribution >= 0.6 is 0 Å². The topological polar surface area (TPSA) is 216 Å². The minimum absolute atomic E-state index is 0. The van der Waals surface area contributed by atoms with Gasteiger partial charge in [0.1, 0.15) is 41.1 Å². The van der Waals surface area contributed by atoms with Gasteiger partial charge in [0.15, 0.2) is 30.5 Å². The second-order valence-electron chi connectivity index (χ2n) is 15.4. The summed E-state index contributed by atoms with van der Waals surface area (Å²) in [4.78, 5) is 23.6. The third kappa shape index (κ3) is 18.8. The zero-order chi connectivity index (χ0) is 54.9. The number of aromatic nitrogens is 7. The summed E-state index contributed by atoms with van der Waals surface area (Å²) in [6.07, 6.45) is 9.33. The average molecular weight is 1090 g/mol. The van der Waals surface area contributed by atoms with E-state index in [1.165, 1.54) is 36.8 Å². The normalized spacial score (nSPS) is 9.53. The van der Waals surface area contributed by atoms with Gasteiger partial charge in [-0.05, 0) is 78.1 Å². The number of aromatic amines is 5. The SMILES string of the molecule is Cc1cc([O-])c(-c2cccc[nH+]2)c(F)c1.[Be+2].[Be+2].[Be+2].[Be+2].[Be+2].[C-]#[N+]c1cc(F)cc([O-])c1-c1cccc[nH+]1.[O-]c1cc(F)cc(F)c1-c1cccc[nH+]1.[O-]c1cc(F)cc(F)c1-c1nccc[nH+]1.[O-]c1cc(F)nc(F)c1-c1cccc[nH+]1. The fraction of sp³-hybridized carbons (Fsp3) is 0.0182. The third-order valence-corrected chi connectivity index (χ3v) is 10.1. The summed E-state index contributed by atoms with van der Waals surface area (Å²) in [6.45, 7) is 8.63. The fourth-order valence-electron chi connectivity index (χ4n) is 6.85. The smallest absolute Gasteiger partial charge is 0.873 e. The largest absolute Gasteiger partial charge is 2.00 e. The summed E-state index contributed by atoms with van der Waals surface area (Å²) < 4.78 is 104. The molecule has 0 aliphatic carbocycles. The van der Waals surface area contributed by atoms with Gasteiger partial charge in [-0.1, -0.05) is 29.1 Å². The predicted octanol–water partition coefficient (Wildman–Crippen LogP) is 5.06. The Kier molecular flexibility index (Phi) is 28.4. The van der Waals surface area contributed by atoms with Crippen molar-refractivity contribution in [3.8, 4) is 85.2 Å². The van der Waals surface area contributed by atoms with Crippen molar-refractivity contribution in [3.63, 3.8) is 0 Å². The molecule has 10 aromatic rings. The summed E-state index contributed by atoms with van der Waals surface area (Å²) in [7, 11) is 0. The molecule has 81 heavy (non-hydrogen) atoms. The fourth-order valence-corrected chi connectivity index (χ4v) is 6.85. The zero-order valence-corrected chi connectivity index (χ0v) is 42.6.